The van der Waals surface area contributed by atoms with Gasteiger partial charge in [0.05, 0.1) is 12.3 Å². The summed E-state index contributed by atoms with van der Waals surface area (Å²) < 4.78 is 0. The van der Waals surface area contributed by atoms with E-state index in [0.29, 0.717) is 11.3 Å². The van der Waals surface area contributed by atoms with E-state index in [1.54, 1.807) is 12.1 Å². The summed E-state index contributed by atoms with van der Waals surface area (Å²) in [5.74, 6) is -0.0238. The Morgan fingerprint density at radius 3 is 2.35 bits per heavy atom. The van der Waals surface area contributed by atoms with Crippen molar-refractivity contribution in [3.8, 4) is 5.75 Å². The van der Waals surface area contributed by atoms with E-state index in [2.05, 4.69) is 0 Å². The first-order chi connectivity index (χ1) is 8.20. The zero-order valence-electron chi connectivity index (χ0n) is 9.43. The van der Waals surface area contributed by atoms with Gasteiger partial charge in [-0.1, -0.05) is 30.3 Å². The largest absolute Gasteiger partial charge is 0.505 e. The molecule has 4 N–H and O–H groups in total. The van der Waals surface area contributed by atoms with Crippen molar-refractivity contribution in [3.63, 3.8) is 0 Å². The minimum atomic E-state index is -0.210. The van der Waals surface area contributed by atoms with E-state index in [9.17, 15) is 5.11 Å². The second kappa shape index (κ2) is 4.89. The van der Waals surface area contributed by atoms with Gasteiger partial charge < -0.3 is 15.9 Å². The lowest BCUT2D eigenvalue weighted by Gasteiger charge is -2.09. The molecule has 2 aromatic rings. The molecule has 0 amide bonds. The van der Waals surface area contributed by atoms with Gasteiger partial charge in [-0.2, -0.15) is 0 Å². The fraction of sp³-hybridized carbons (Fsp3) is 0.143. The highest BCUT2D eigenvalue weighted by molar-refractivity contribution is 5.58. The maximum atomic E-state index is 9.60. The van der Waals surface area contributed by atoms with E-state index in [0.717, 1.165) is 12.0 Å². The third-order valence-electron chi connectivity index (χ3n) is 2.70. The fourth-order valence-corrected chi connectivity index (χ4v) is 1.84. The molecule has 0 fully saturated rings. The Bertz CT molecular complexity index is 509. The van der Waals surface area contributed by atoms with Gasteiger partial charge in [-0.25, -0.2) is 0 Å². The summed E-state index contributed by atoms with van der Waals surface area (Å²) in [5, 5.41) is 18.7. The van der Waals surface area contributed by atoms with E-state index < -0.39 is 0 Å². The molecule has 88 valence electrons. The van der Waals surface area contributed by atoms with Crippen LogP contribution in [0.1, 0.15) is 16.7 Å². The Morgan fingerprint density at radius 1 is 1.00 bits per heavy atom. The van der Waals surface area contributed by atoms with Crippen LogP contribution in [0.5, 0.6) is 5.75 Å². The highest BCUT2D eigenvalue weighted by Gasteiger charge is 2.07. The Morgan fingerprint density at radius 2 is 1.71 bits per heavy atom. The number of hydrogen-bond acceptors (Lipinski definition) is 3. The van der Waals surface area contributed by atoms with E-state index in [4.69, 9.17) is 10.8 Å². The van der Waals surface area contributed by atoms with Crippen LogP contribution >= 0.6 is 0 Å². The van der Waals surface area contributed by atoms with Crippen LogP contribution in [0.4, 0.5) is 5.69 Å². The molecule has 0 aliphatic rings. The summed E-state index contributed by atoms with van der Waals surface area (Å²) in [6, 6.07) is 13.5. The number of nitrogen functional groups attached to an aromatic ring is 1. The molecule has 0 aromatic heterocycles. The quantitative estimate of drug-likeness (QED) is 0.557. The molecule has 0 heterocycles. The van der Waals surface area contributed by atoms with Gasteiger partial charge in [0.15, 0.2) is 0 Å². The molecule has 0 saturated carbocycles. The summed E-state index contributed by atoms with van der Waals surface area (Å²) in [7, 11) is 0. The molecule has 17 heavy (non-hydrogen) atoms. The molecule has 2 aromatic carbocycles. The molecular weight excluding hydrogens is 214 g/mol. The predicted octanol–water partition coefficient (Wildman–Crippen LogP) is 2.06. The molecular formula is C14H15NO2. The minimum absolute atomic E-state index is 0.0238. The summed E-state index contributed by atoms with van der Waals surface area (Å²) in [6.45, 7) is -0.210. The number of phenols is 1. The van der Waals surface area contributed by atoms with Gasteiger partial charge in [-0.3, -0.25) is 0 Å². The van der Waals surface area contributed by atoms with Crippen molar-refractivity contribution in [3.05, 3.63) is 59.2 Å². The molecule has 3 nitrogen and oxygen atoms in total. The van der Waals surface area contributed by atoms with E-state index in [-0.39, 0.29) is 12.4 Å². The van der Waals surface area contributed by atoms with Crippen LogP contribution in [-0.4, -0.2) is 10.2 Å². The molecule has 0 bridgehead atoms. The van der Waals surface area contributed by atoms with Crippen molar-refractivity contribution in [2.24, 2.45) is 0 Å². The molecule has 3 heteroatoms. The Balaban J connectivity index is 2.31. The standard InChI is InChI=1S/C14H15NO2/c15-13-8-11(7-12(9-16)14(13)17)6-10-4-2-1-3-5-10/h1-5,7-8,16-17H,6,9,15H2. The molecule has 0 spiro atoms. The maximum absolute atomic E-state index is 9.60. The van der Waals surface area contributed by atoms with Gasteiger partial charge in [-0.15, -0.1) is 0 Å². The van der Waals surface area contributed by atoms with Crippen molar-refractivity contribution in [1.82, 2.24) is 0 Å². The SMILES string of the molecule is Nc1cc(Cc2ccccc2)cc(CO)c1O. The minimum Gasteiger partial charge on any atom is -0.505 e. The predicted molar refractivity (Wildman–Crippen MR) is 67.7 cm³/mol. The van der Waals surface area contributed by atoms with Gasteiger partial charge >= 0.3 is 0 Å². The van der Waals surface area contributed by atoms with E-state index in [1.807, 2.05) is 30.3 Å². The molecule has 0 radical (unpaired) electrons. The van der Waals surface area contributed by atoms with Crippen molar-refractivity contribution < 1.29 is 10.2 Å². The van der Waals surface area contributed by atoms with Gasteiger partial charge in [0, 0.05) is 5.56 Å². The Labute approximate surface area is 100 Å². The second-order valence-electron chi connectivity index (χ2n) is 4.01. The monoisotopic (exact) mass is 229 g/mol. The number of aromatic hydroxyl groups is 1. The van der Waals surface area contributed by atoms with Crippen LogP contribution in [0.2, 0.25) is 0 Å². The average Bonchev–Trinajstić information content (AvgIpc) is 2.35. The van der Waals surface area contributed by atoms with Gasteiger partial charge in [0.2, 0.25) is 0 Å². The van der Waals surface area contributed by atoms with Crippen molar-refractivity contribution in [1.29, 1.82) is 0 Å². The normalized spacial score (nSPS) is 10.4. The van der Waals surface area contributed by atoms with Gasteiger partial charge in [-0.05, 0) is 29.7 Å². The van der Waals surface area contributed by atoms with Crippen LogP contribution in [0, 0.1) is 0 Å². The molecule has 0 unspecified atom stereocenters. The lowest BCUT2D eigenvalue weighted by Crippen LogP contribution is -1.96. The van der Waals surface area contributed by atoms with Crippen molar-refractivity contribution in [2.45, 2.75) is 13.0 Å². The highest BCUT2D eigenvalue weighted by atomic mass is 16.3. The molecule has 0 saturated heterocycles. The first-order valence-corrected chi connectivity index (χ1v) is 5.45. The second-order valence-corrected chi connectivity index (χ2v) is 4.01. The average molecular weight is 229 g/mol. The number of aliphatic hydroxyl groups excluding tert-OH is 1. The van der Waals surface area contributed by atoms with Crippen molar-refractivity contribution in [2.75, 3.05) is 5.73 Å². The van der Waals surface area contributed by atoms with Crippen LogP contribution in [-0.2, 0) is 13.0 Å². The summed E-state index contributed by atoms with van der Waals surface area (Å²) >= 11 is 0. The summed E-state index contributed by atoms with van der Waals surface area (Å²) in [4.78, 5) is 0. The maximum Gasteiger partial charge on any atom is 0.143 e. The number of hydrogen-bond donors (Lipinski definition) is 3. The summed E-state index contributed by atoms with van der Waals surface area (Å²) in [6.07, 6.45) is 0.734. The Kier molecular flexibility index (Phi) is 3.30. The third kappa shape index (κ3) is 2.57. The number of aliphatic hydroxyl groups is 1. The van der Waals surface area contributed by atoms with Crippen LogP contribution in [0.3, 0.4) is 0 Å². The zero-order chi connectivity index (χ0) is 12.3. The first-order valence-electron chi connectivity index (χ1n) is 5.45. The number of anilines is 1. The number of rotatable bonds is 3. The lowest BCUT2D eigenvalue weighted by molar-refractivity contribution is 0.275. The lowest BCUT2D eigenvalue weighted by atomic mass is 10.0. The van der Waals surface area contributed by atoms with E-state index >= 15 is 0 Å². The van der Waals surface area contributed by atoms with Gasteiger partial charge in [0.1, 0.15) is 5.75 Å². The molecule has 2 rings (SSSR count). The number of nitrogens with two attached hydrogens (primary N) is 1. The van der Waals surface area contributed by atoms with E-state index in [1.165, 1.54) is 5.56 Å². The highest BCUT2D eigenvalue weighted by Crippen LogP contribution is 2.27. The first kappa shape index (κ1) is 11.5. The third-order valence-corrected chi connectivity index (χ3v) is 2.70. The van der Waals surface area contributed by atoms with Crippen LogP contribution < -0.4 is 5.73 Å². The smallest absolute Gasteiger partial charge is 0.143 e. The van der Waals surface area contributed by atoms with Crippen LogP contribution in [0.15, 0.2) is 42.5 Å². The molecule has 0 aliphatic heterocycles. The Hall–Kier alpha value is -2.00. The van der Waals surface area contributed by atoms with Crippen LogP contribution in [0.25, 0.3) is 0 Å². The molecule has 0 atom stereocenters. The summed E-state index contributed by atoms with van der Waals surface area (Å²) in [5.41, 5.74) is 8.62. The van der Waals surface area contributed by atoms with Crippen molar-refractivity contribution >= 4 is 5.69 Å². The zero-order valence-corrected chi connectivity index (χ0v) is 9.43. The van der Waals surface area contributed by atoms with Gasteiger partial charge in [0.25, 0.3) is 0 Å². The fourth-order valence-electron chi connectivity index (χ4n) is 1.84. The number of benzene rings is 2. The molecule has 0 aliphatic carbocycles. The topological polar surface area (TPSA) is 66.5 Å².